The Morgan fingerprint density at radius 1 is 0.966 bits per heavy atom. The van der Waals surface area contributed by atoms with Gasteiger partial charge in [-0.2, -0.15) is 0 Å². The normalized spacial score (nSPS) is 12.3. The van der Waals surface area contributed by atoms with Gasteiger partial charge in [0.1, 0.15) is 0 Å². The molecular weight excluding hydrogens is 372 g/mol. The first-order valence-electron chi connectivity index (χ1n) is 9.39. The molecule has 0 bridgehead atoms. The molecule has 7 heteroatoms. The number of nitrogens with two attached hydrogens (primary N) is 1. The molecule has 0 aliphatic heterocycles. The summed E-state index contributed by atoms with van der Waals surface area (Å²) in [5.74, 6) is -1.94. The van der Waals surface area contributed by atoms with Crippen LogP contribution in [0.15, 0.2) is 60.7 Å². The first-order valence-corrected chi connectivity index (χ1v) is 9.39. The SMILES string of the molecule is CCOC(C(=O)O[C@@H](C(=O)NC(N)=O)C(C)C)(c1ccccc1)c1ccccc1. The lowest BCUT2D eigenvalue weighted by atomic mass is 9.85. The van der Waals surface area contributed by atoms with Crippen LogP contribution in [0.5, 0.6) is 0 Å². The second-order valence-corrected chi connectivity index (χ2v) is 6.77. The Labute approximate surface area is 170 Å². The number of carbonyl (C=O) groups is 3. The molecule has 0 unspecified atom stereocenters. The van der Waals surface area contributed by atoms with E-state index in [1.54, 1.807) is 69.3 Å². The van der Waals surface area contributed by atoms with Crippen molar-refractivity contribution in [2.45, 2.75) is 32.5 Å². The van der Waals surface area contributed by atoms with Crippen molar-refractivity contribution in [1.82, 2.24) is 5.32 Å². The molecule has 2 aromatic carbocycles. The van der Waals surface area contributed by atoms with Crippen molar-refractivity contribution in [2.24, 2.45) is 11.7 Å². The van der Waals surface area contributed by atoms with Gasteiger partial charge in [-0.15, -0.1) is 0 Å². The molecule has 3 amide bonds. The van der Waals surface area contributed by atoms with Crippen molar-refractivity contribution in [2.75, 3.05) is 6.61 Å². The van der Waals surface area contributed by atoms with Gasteiger partial charge in [0.15, 0.2) is 6.10 Å². The molecule has 0 aromatic heterocycles. The molecule has 0 spiro atoms. The van der Waals surface area contributed by atoms with Gasteiger partial charge in [0.25, 0.3) is 5.91 Å². The van der Waals surface area contributed by atoms with Crippen LogP contribution < -0.4 is 11.1 Å². The molecule has 2 aromatic rings. The van der Waals surface area contributed by atoms with Crippen molar-refractivity contribution in [3.8, 4) is 0 Å². The zero-order chi connectivity index (χ0) is 21.4. The molecule has 3 N–H and O–H groups in total. The highest BCUT2D eigenvalue weighted by atomic mass is 16.6. The van der Waals surface area contributed by atoms with E-state index in [9.17, 15) is 14.4 Å². The third-order valence-electron chi connectivity index (χ3n) is 4.35. The Bertz CT molecular complexity index is 797. The van der Waals surface area contributed by atoms with Gasteiger partial charge < -0.3 is 15.2 Å². The lowest BCUT2D eigenvalue weighted by molar-refractivity contribution is -0.178. The van der Waals surface area contributed by atoms with Gasteiger partial charge in [0.2, 0.25) is 5.60 Å². The van der Waals surface area contributed by atoms with Gasteiger partial charge in [-0.05, 0) is 24.0 Å². The van der Waals surface area contributed by atoms with E-state index >= 15 is 0 Å². The van der Waals surface area contributed by atoms with Crippen LogP contribution in [-0.2, 0) is 24.7 Å². The fourth-order valence-electron chi connectivity index (χ4n) is 3.07. The maximum Gasteiger partial charge on any atom is 0.348 e. The lowest BCUT2D eigenvalue weighted by Gasteiger charge is -2.34. The molecule has 154 valence electrons. The number of nitrogens with one attached hydrogen (secondary N) is 1. The maximum atomic E-state index is 13.5. The second-order valence-electron chi connectivity index (χ2n) is 6.77. The topological polar surface area (TPSA) is 108 Å². The summed E-state index contributed by atoms with van der Waals surface area (Å²) in [6.07, 6.45) is -1.22. The molecule has 0 saturated carbocycles. The standard InChI is InChI=1S/C22H26N2O5/c1-4-28-22(16-11-7-5-8-12-16,17-13-9-6-10-14-17)20(26)29-18(15(2)3)19(25)24-21(23)27/h5-15,18H,4H2,1-3H3,(H3,23,24,25,27)/t18-/m1/s1. The number of benzene rings is 2. The van der Waals surface area contributed by atoms with Crippen molar-refractivity contribution >= 4 is 17.9 Å². The van der Waals surface area contributed by atoms with E-state index < -0.39 is 35.5 Å². The summed E-state index contributed by atoms with van der Waals surface area (Å²) >= 11 is 0. The van der Waals surface area contributed by atoms with Crippen molar-refractivity contribution in [3.05, 3.63) is 71.8 Å². The van der Waals surface area contributed by atoms with Gasteiger partial charge in [-0.25, -0.2) is 9.59 Å². The predicted molar refractivity (Wildman–Crippen MR) is 108 cm³/mol. The van der Waals surface area contributed by atoms with Gasteiger partial charge in [-0.3, -0.25) is 10.1 Å². The third kappa shape index (κ3) is 5.00. The number of primary amides is 1. The first kappa shape index (κ1) is 22.1. The van der Waals surface area contributed by atoms with E-state index in [0.717, 1.165) is 0 Å². The molecule has 29 heavy (non-hydrogen) atoms. The zero-order valence-electron chi connectivity index (χ0n) is 16.8. The Morgan fingerprint density at radius 3 is 1.83 bits per heavy atom. The fourth-order valence-corrected chi connectivity index (χ4v) is 3.07. The lowest BCUT2D eigenvalue weighted by Crippen LogP contribution is -2.49. The number of urea groups is 1. The number of imide groups is 1. The van der Waals surface area contributed by atoms with E-state index in [2.05, 4.69) is 0 Å². The minimum Gasteiger partial charge on any atom is -0.449 e. The van der Waals surface area contributed by atoms with Crippen LogP contribution in [0.4, 0.5) is 4.79 Å². The summed E-state index contributed by atoms with van der Waals surface area (Å²) in [4.78, 5) is 37.0. The van der Waals surface area contributed by atoms with Crippen molar-refractivity contribution < 1.29 is 23.9 Å². The van der Waals surface area contributed by atoms with Crippen molar-refractivity contribution in [3.63, 3.8) is 0 Å². The van der Waals surface area contributed by atoms with Gasteiger partial charge in [-0.1, -0.05) is 74.5 Å². The highest BCUT2D eigenvalue weighted by molar-refractivity contribution is 5.97. The largest absolute Gasteiger partial charge is 0.449 e. The van der Waals surface area contributed by atoms with Crippen LogP contribution in [-0.4, -0.2) is 30.6 Å². The number of ether oxygens (including phenoxy) is 2. The van der Waals surface area contributed by atoms with Crippen LogP contribution >= 0.6 is 0 Å². The van der Waals surface area contributed by atoms with Crippen LogP contribution in [0.2, 0.25) is 0 Å². The number of rotatable bonds is 8. The summed E-state index contributed by atoms with van der Waals surface area (Å²) in [5, 5.41) is 1.97. The first-order chi connectivity index (χ1) is 13.8. The molecule has 0 radical (unpaired) electrons. The predicted octanol–water partition coefficient (Wildman–Crippen LogP) is 2.73. The van der Waals surface area contributed by atoms with E-state index in [0.29, 0.717) is 11.1 Å². The minimum absolute atomic E-state index is 0.221. The third-order valence-corrected chi connectivity index (χ3v) is 4.35. The van der Waals surface area contributed by atoms with Crippen LogP contribution in [0, 0.1) is 5.92 Å². The average Bonchev–Trinajstić information content (AvgIpc) is 2.70. The summed E-state index contributed by atoms with van der Waals surface area (Å²) in [7, 11) is 0. The van der Waals surface area contributed by atoms with E-state index in [1.807, 2.05) is 17.4 Å². The number of carbonyl (C=O) groups excluding carboxylic acids is 3. The molecule has 0 heterocycles. The number of hydrogen-bond donors (Lipinski definition) is 2. The maximum absolute atomic E-state index is 13.5. The van der Waals surface area contributed by atoms with Crippen LogP contribution in [0.3, 0.4) is 0 Å². The minimum atomic E-state index is -1.57. The van der Waals surface area contributed by atoms with Crippen LogP contribution in [0.25, 0.3) is 0 Å². The molecule has 7 nitrogen and oxygen atoms in total. The highest BCUT2D eigenvalue weighted by Gasteiger charge is 2.46. The molecular formula is C22H26N2O5. The van der Waals surface area contributed by atoms with E-state index in [1.165, 1.54) is 0 Å². The smallest absolute Gasteiger partial charge is 0.348 e. The van der Waals surface area contributed by atoms with E-state index in [-0.39, 0.29) is 6.61 Å². The molecule has 1 atom stereocenters. The molecule has 0 aliphatic carbocycles. The van der Waals surface area contributed by atoms with Crippen molar-refractivity contribution in [1.29, 1.82) is 0 Å². The Kier molecular flexibility index (Phi) is 7.50. The van der Waals surface area contributed by atoms with E-state index in [4.69, 9.17) is 15.2 Å². The molecule has 0 fully saturated rings. The van der Waals surface area contributed by atoms with Gasteiger partial charge in [0.05, 0.1) is 0 Å². The summed E-state index contributed by atoms with van der Waals surface area (Å²) in [6, 6.07) is 16.8. The number of hydrogen-bond acceptors (Lipinski definition) is 5. The van der Waals surface area contributed by atoms with Gasteiger partial charge in [0, 0.05) is 6.61 Å². The molecule has 2 rings (SSSR count). The monoisotopic (exact) mass is 398 g/mol. The fraction of sp³-hybridized carbons (Fsp3) is 0.318. The Hall–Kier alpha value is -3.19. The number of amides is 3. The summed E-state index contributed by atoms with van der Waals surface area (Å²) in [5.41, 5.74) is 4.60. The quantitative estimate of drug-likeness (QED) is 0.665. The second kappa shape index (κ2) is 9.84. The molecule has 0 saturated heterocycles. The van der Waals surface area contributed by atoms with Gasteiger partial charge >= 0.3 is 12.0 Å². The highest BCUT2D eigenvalue weighted by Crippen LogP contribution is 2.36. The Balaban J connectivity index is 2.54. The summed E-state index contributed by atoms with van der Waals surface area (Å²) in [6.45, 7) is 5.39. The average molecular weight is 398 g/mol. The Morgan fingerprint density at radius 2 is 1.45 bits per heavy atom. The molecule has 0 aliphatic rings. The zero-order valence-corrected chi connectivity index (χ0v) is 16.8. The van der Waals surface area contributed by atoms with Crippen LogP contribution in [0.1, 0.15) is 31.9 Å². The number of esters is 1. The summed E-state index contributed by atoms with van der Waals surface area (Å²) < 4.78 is 11.6.